The summed E-state index contributed by atoms with van der Waals surface area (Å²) in [6, 6.07) is 3.69. The number of aryl methyl sites for hydroxylation is 2. The van der Waals surface area contributed by atoms with Gasteiger partial charge in [-0.15, -0.1) is 0 Å². The number of aliphatic imine (C=N–C) groups is 1. The molecule has 0 saturated carbocycles. The minimum atomic E-state index is -0.800. The number of rotatable bonds is 4. The number of piperidine rings is 1. The van der Waals surface area contributed by atoms with Gasteiger partial charge in [-0.2, -0.15) is 5.06 Å². The molecule has 1 atom stereocenters. The quantitative estimate of drug-likeness (QED) is 0.592. The lowest BCUT2D eigenvalue weighted by molar-refractivity contribution is -0.157. The fraction of sp³-hybridized carbons (Fsp3) is 0.450. The molecule has 2 aliphatic rings. The summed E-state index contributed by atoms with van der Waals surface area (Å²) in [5, 5.41) is 5.13. The Balaban J connectivity index is 1.90. The number of carbonyl (C=O) groups is 2. The van der Waals surface area contributed by atoms with Crippen molar-refractivity contribution >= 4 is 35.2 Å². The first kappa shape index (κ1) is 20.5. The molecule has 1 unspecified atom stereocenters. The third-order valence-corrected chi connectivity index (χ3v) is 5.78. The second-order valence-electron chi connectivity index (χ2n) is 7.28. The highest BCUT2D eigenvalue weighted by molar-refractivity contribution is 6.39. The molecule has 8 heteroatoms. The van der Waals surface area contributed by atoms with Crippen LogP contribution < -0.4 is 11.1 Å². The number of hydrogen-bond donors (Lipinski definition) is 2. The number of Topliss-reactive ketones (excluding diaryl/α,β-unsaturated/α-hetero) is 1. The molecule has 7 nitrogen and oxygen atoms in total. The number of benzene rings is 1. The number of nitrogens with one attached hydrogen (secondary N) is 1. The van der Waals surface area contributed by atoms with E-state index in [1.807, 2.05) is 31.0 Å². The Hall–Kier alpha value is -2.22. The first-order valence-electron chi connectivity index (χ1n) is 9.19. The van der Waals surface area contributed by atoms with Gasteiger partial charge in [-0.05, 0) is 55.5 Å². The van der Waals surface area contributed by atoms with Crippen LogP contribution in [0.2, 0.25) is 0 Å². The van der Waals surface area contributed by atoms with Gasteiger partial charge in [0.1, 0.15) is 11.5 Å². The first-order valence-corrected chi connectivity index (χ1v) is 9.57. The monoisotopic (exact) mass is 404 g/mol. The van der Waals surface area contributed by atoms with Gasteiger partial charge < -0.3 is 15.9 Å². The third kappa shape index (κ3) is 3.70. The van der Waals surface area contributed by atoms with E-state index in [2.05, 4.69) is 10.3 Å². The highest BCUT2D eigenvalue weighted by Gasteiger charge is 2.54. The fourth-order valence-corrected chi connectivity index (χ4v) is 4.16. The molecule has 2 fully saturated rings. The molecule has 0 bridgehead atoms. The maximum Gasteiger partial charge on any atom is 0.235 e. The predicted molar refractivity (Wildman–Crippen MR) is 109 cm³/mol. The van der Waals surface area contributed by atoms with Crippen molar-refractivity contribution in [1.82, 2.24) is 10.4 Å². The number of hydrogen-bond acceptors (Lipinski definition) is 6. The Morgan fingerprint density at radius 3 is 2.46 bits per heavy atom. The van der Waals surface area contributed by atoms with Gasteiger partial charge >= 0.3 is 0 Å². The van der Waals surface area contributed by atoms with E-state index in [4.69, 9.17) is 22.2 Å². The molecular formula is C20H25ClN4O3. The van der Waals surface area contributed by atoms with Gasteiger partial charge in [0, 0.05) is 25.5 Å². The zero-order valence-electron chi connectivity index (χ0n) is 16.3. The van der Waals surface area contributed by atoms with Crippen LogP contribution in [0.15, 0.2) is 28.4 Å². The minimum absolute atomic E-state index is 0.0511. The van der Waals surface area contributed by atoms with Crippen molar-refractivity contribution in [1.29, 1.82) is 0 Å². The predicted octanol–water partition coefficient (Wildman–Crippen LogP) is 2.22. The SMILES string of the molecule is CON1CCC2(CC1)NC(=O)C(c1c(C)cc(N=CC(Cl)=CN)cc1C)C2=O. The van der Waals surface area contributed by atoms with Gasteiger partial charge in [0.05, 0.1) is 17.8 Å². The van der Waals surface area contributed by atoms with E-state index < -0.39 is 11.5 Å². The van der Waals surface area contributed by atoms with E-state index in [1.165, 1.54) is 12.4 Å². The Morgan fingerprint density at radius 1 is 1.32 bits per heavy atom. The molecule has 150 valence electrons. The van der Waals surface area contributed by atoms with Gasteiger partial charge in [0.25, 0.3) is 0 Å². The van der Waals surface area contributed by atoms with Crippen LogP contribution in [-0.2, 0) is 14.4 Å². The van der Waals surface area contributed by atoms with Gasteiger partial charge in [-0.25, -0.2) is 0 Å². The van der Waals surface area contributed by atoms with E-state index in [0.29, 0.717) is 36.7 Å². The normalized spacial score (nSPS) is 23.0. The van der Waals surface area contributed by atoms with Crippen LogP contribution in [0.25, 0.3) is 0 Å². The van der Waals surface area contributed by atoms with E-state index >= 15 is 0 Å². The molecule has 0 radical (unpaired) electrons. The summed E-state index contributed by atoms with van der Waals surface area (Å²) in [6.45, 7) is 4.99. The Bertz CT molecular complexity index is 834. The van der Waals surface area contributed by atoms with Crippen LogP contribution in [0.1, 0.15) is 35.4 Å². The molecule has 1 spiro atoms. The molecule has 0 aromatic heterocycles. The Morgan fingerprint density at radius 2 is 1.93 bits per heavy atom. The second-order valence-corrected chi connectivity index (χ2v) is 7.72. The summed E-state index contributed by atoms with van der Waals surface area (Å²) in [5.41, 5.74) is 7.68. The maximum atomic E-state index is 13.3. The highest BCUT2D eigenvalue weighted by Crippen LogP contribution is 2.39. The zero-order chi connectivity index (χ0) is 20.5. The summed E-state index contributed by atoms with van der Waals surface area (Å²) in [7, 11) is 1.61. The molecule has 28 heavy (non-hydrogen) atoms. The summed E-state index contributed by atoms with van der Waals surface area (Å²) >= 11 is 5.85. The molecule has 3 N–H and O–H groups in total. The molecule has 3 rings (SSSR count). The van der Waals surface area contributed by atoms with Crippen molar-refractivity contribution in [3.8, 4) is 0 Å². The summed E-state index contributed by atoms with van der Waals surface area (Å²) in [6.07, 6.45) is 3.81. The minimum Gasteiger partial charge on any atom is -0.403 e. The number of ketones is 1. The molecule has 2 aliphatic heterocycles. The van der Waals surface area contributed by atoms with E-state index in [1.54, 1.807) is 7.11 Å². The lowest BCUT2D eigenvalue weighted by Gasteiger charge is -2.36. The van der Waals surface area contributed by atoms with Crippen molar-refractivity contribution in [2.24, 2.45) is 10.7 Å². The van der Waals surface area contributed by atoms with E-state index in [0.717, 1.165) is 16.7 Å². The molecule has 2 saturated heterocycles. The van der Waals surface area contributed by atoms with Crippen molar-refractivity contribution in [2.75, 3.05) is 20.2 Å². The van der Waals surface area contributed by atoms with Crippen LogP contribution in [-0.4, -0.2) is 48.7 Å². The van der Waals surface area contributed by atoms with Gasteiger partial charge in [0.2, 0.25) is 5.91 Å². The number of hydroxylamine groups is 2. The van der Waals surface area contributed by atoms with Crippen LogP contribution in [0.5, 0.6) is 0 Å². The maximum absolute atomic E-state index is 13.3. The average molecular weight is 405 g/mol. The van der Waals surface area contributed by atoms with E-state index in [-0.39, 0.29) is 11.7 Å². The van der Waals surface area contributed by atoms with Gasteiger partial charge in [-0.1, -0.05) is 11.6 Å². The van der Waals surface area contributed by atoms with Crippen molar-refractivity contribution in [3.63, 3.8) is 0 Å². The molecule has 2 heterocycles. The number of nitrogens with zero attached hydrogens (tertiary/aromatic N) is 2. The zero-order valence-corrected chi connectivity index (χ0v) is 17.0. The Labute approximate surface area is 169 Å². The lowest BCUT2D eigenvalue weighted by Crippen LogP contribution is -2.54. The molecule has 1 aromatic rings. The number of allylic oxidation sites excluding steroid dienone is 1. The molecule has 0 aliphatic carbocycles. The van der Waals surface area contributed by atoms with Gasteiger partial charge in [-0.3, -0.25) is 14.6 Å². The summed E-state index contributed by atoms with van der Waals surface area (Å²) in [5.74, 6) is -1.07. The van der Waals surface area contributed by atoms with Crippen LogP contribution in [0.3, 0.4) is 0 Å². The second kappa shape index (κ2) is 8.03. The molecule has 1 amide bonds. The standard InChI is InChI=1S/C20H25ClN4O3/c1-12-8-15(23-11-14(21)10-22)9-13(2)16(12)17-18(26)20(24-19(17)27)4-6-25(28-3)7-5-20/h8-11,17H,4-7,22H2,1-3H3,(H,24,27). The number of halogens is 1. The topological polar surface area (TPSA) is 97.0 Å². The van der Waals surface area contributed by atoms with Crippen LogP contribution in [0, 0.1) is 13.8 Å². The first-order chi connectivity index (χ1) is 13.3. The Kier molecular flexibility index (Phi) is 5.88. The number of nitrogens with two attached hydrogens (primary N) is 1. The average Bonchev–Trinajstić information content (AvgIpc) is 2.90. The molecule has 1 aromatic carbocycles. The van der Waals surface area contributed by atoms with Crippen molar-refractivity contribution in [3.05, 3.63) is 40.1 Å². The van der Waals surface area contributed by atoms with Gasteiger partial charge in [0.15, 0.2) is 5.78 Å². The summed E-state index contributed by atoms with van der Waals surface area (Å²) in [4.78, 5) is 35.7. The number of carbonyl (C=O) groups excluding carboxylic acids is 2. The van der Waals surface area contributed by atoms with E-state index in [9.17, 15) is 9.59 Å². The third-order valence-electron chi connectivity index (χ3n) is 5.56. The largest absolute Gasteiger partial charge is 0.403 e. The number of amides is 1. The highest BCUT2D eigenvalue weighted by atomic mass is 35.5. The van der Waals surface area contributed by atoms with Crippen LogP contribution >= 0.6 is 11.6 Å². The smallest absolute Gasteiger partial charge is 0.235 e. The molecular weight excluding hydrogens is 380 g/mol. The van der Waals surface area contributed by atoms with Crippen molar-refractivity contribution < 1.29 is 14.4 Å². The van der Waals surface area contributed by atoms with Crippen molar-refractivity contribution in [2.45, 2.75) is 38.1 Å². The lowest BCUT2D eigenvalue weighted by atomic mass is 9.79. The fourth-order valence-electron chi connectivity index (χ4n) is 4.11. The summed E-state index contributed by atoms with van der Waals surface area (Å²) < 4.78 is 0. The van der Waals surface area contributed by atoms with Crippen LogP contribution in [0.4, 0.5) is 5.69 Å².